The van der Waals surface area contributed by atoms with E-state index < -0.39 is 5.60 Å². The molecule has 1 aliphatic carbocycles. The number of hydrogen-bond acceptors (Lipinski definition) is 5. The Morgan fingerprint density at radius 1 is 1.32 bits per heavy atom. The van der Waals surface area contributed by atoms with Crippen molar-refractivity contribution in [3.8, 4) is 5.75 Å². The van der Waals surface area contributed by atoms with Gasteiger partial charge in [0.1, 0.15) is 11.7 Å². The van der Waals surface area contributed by atoms with Crippen LogP contribution in [-0.4, -0.2) is 45.8 Å². The van der Waals surface area contributed by atoms with E-state index in [4.69, 9.17) is 21.1 Å². The number of ether oxygens (including phenoxy) is 2. The van der Waals surface area contributed by atoms with Crippen LogP contribution in [0.15, 0.2) is 12.4 Å². The molecule has 22 heavy (non-hydrogen) atoms. The Kier molecular flexibility index (Phi) is 3.67. The first-order valence-corrected chi connectivity index (χ1v) is 7.75. The van der Waals surface area contributed by atoms with Crippen LogP contribution < -0.4 is 4.74 Å². The van der Waals surface area contributed by atoms with Gasteiger partial charge < -0.3 is 14.4 Å². The molecule has 0 aromatic carbocycles. The number of hydrogen-bond donors (Lipinski definition) is 0. The number of nitrogens with zero attached hydrogens (tertiary/aromatic N) is 3. The van der Waals surface area contributed by atoms with E-state index in [1.54, 1.807) is 17.3 Å². The normalized spacial score (nSPS) is 20.3. The summed E-state index contributed by atoms with van der Waals surface area (Å²) in [5.41, 5.74) is -0.242. The molecule has 1 amide bonds. The number of likely N-dealkylation sites (tertiary alicyclic amines) is 1. The summed E-state index contributed by atoms with van der Waals surface area (Å²) in [4.78, 5) is 21.5. The second-order valence-corrected chi connectivity index (χ2v) is 7.51. The molecule has 0 N–H and O–H groups in total. The van der Waals surface area contributed by atoms with Crippen molar-refractivity contribution in [3.63, 3.8) is 0 Å². The van der Waals surface area contributed by atoms with Crippen LogP contribution in [0, 0.1) is 5.41 Å². The Bertz CT molecular complexity index is 556. The van der Waals surface area contributed by atoms with Gasteiger partial charge in [0.05, 0.1) is 12.4 Å². The lowest BCUT2D eigenvalue weighted by Gasteiger charge is -2.58. The summed E-state index contributed by atoms with van der Waals surface area (Å²) in [6.45, 7) is 7.13. The summed E-state index contributed by atoms with van der Waals surface area (Å²) >= 11 is 5.64. The summed E-state index contributed by atoms with van der Waals surface area (Å²) in [5, 5.41) is 0.212. The van der Waals surface area contributed by atoms with Crippen molar-refractivity contribution >= 4 is 17.7 Å². The first-order chi connectivity index (χ1) is 10.2. The van der Waals surface area contributed by atoms with Crippen LogP contribution in [0.4, 0.5) is 4.79 Å². The van der Waals surface area contributed by atoms with Crippen LogP contribution in [0.1, 0.15) is 33.6 Å². The van der Waals surface area contributed by atoms with Crippen molar-refractivity contribution < 1.29 is 14.3 Å². The van der Waals surface area contributed by atoms with Gasteiger partial charge in [0.15, 0.2) is 5.75 Å². The zero-order valence-corrected chi connectivity index (χ0v) is 13.8. The van der Waals surface area contributed by atoms with Crippen LogP contribution in [0.3, 0.4) is 0 Å². The number of carbonyl (C=O) groups is 1. The van der Waals surface area contributed by atoms with Gasteiger partial charge in [-0.15, -0.1) is 0 Å². The van der Waals surface area contributed by atoms with E-state index in [-0.39, 0.29) is 22.9 Å². The highest BCUT2D eigenvalue weighted by Gasteiger charge is 2.55. The Hall–Kier alpha value is -1.56. The van der Waals surface area contributed by atoms with Gasteiger partial charge in [0.2, 0.25) is 5.28 Å². The Morgan fingerprint density at radius 3 is 2.45 bits per heavy atom. The fourth-order valence-corrected chi connectivity index (χ4v) is 3.12. The zero-order valence-electron chi connectivity index (χ0n) is 13.0. The highest BCUT2D eigenvalue weighted by Crippen LogP contribution is 2.49. The van der Waals surface area contributed by atoms with Crippen molar-refractivity contribution in [1.82, 2.24) is 14.9 Å². The predicted molar refractivity (Wildman–Crippen MR) is 80.9 cm³/mol. The van der Waals surface area contributed by atoms with Gasteiger partial charge in [-0.1, -0.05) is 0 Å². The Balaban J connectivity index is 1.43. The van der Waals surface area contributed by atoms with E-state index in [0.29, 0.717) is 5.75 Å². The minimum Gasteiger partial charge on any atom is -0.487 e. The summed E-state index contributed by atoms with van der Waals surface area (Å²) in [6.07, 6.45) is 4.96. The van der Waals surface area contributed by atoms with Crippen LogP contribution in [0.2, 0.25) is 5.28 Å². The van der Waals surface area contributed by atoms with Crippen molar-refractivity contribution in [2.75, 3.05) is 13.1 Å². The molecular weight excluding hydrogens is 306 g/mol. The smallest absolute Gasteiger partial charge is 0.410 e. The molecule has 2 aliphatic rings. The second kappa shape index (κ2) is 5.26. The average molecular weight is 326 g/mol. The average Bonchev–Trinajstić information content (AvgIpc) is 2.30. The maximum atomic E-state index is 11.9. The molecule has 6 nitrogen and oxygen atoms in total. The summed E-state index contributed by atoms with van der Waals surface area (Å²) < 4.78 is 11.2. The van der Waals surface area contributed by atoms with Gasteiger partial charge in [-0.2, -0.15) is 0 Å². The standard InChI is InChI=1S/C15H20ClN3O3/c1-14(2,3)22-13(20)19-8-15(9-19)4-10(5-15)21-11-6-17-12(16)18-7-11/h6-7,10H,4-5,8-9H2,1-3H3. The number of aromatic nitrogens is 2. The molecule has 3 rings (SSSR count). The van der Waals surface area contributed by atoms with Crippen molar-refractivity contribution in [2.24, 2.45) is 5.41 Å². The highest BCUT2D eigenvalue weighted by molar-refractivity contribution is 6.28. The highest BCUT2D eigenvalue weighted by atomic mass is 35.5. The van der Waals surface area contributed by atoms with E-state index in [1.165, 1.54) is 0 Å². The van der Waals surface area contributed by atoms with Crippen molar-refractivity contribution in [1.29, 1.82) is 0 Å². The summed E-state index contributed by atoms with van der Waals surface area (Å²) in [6, 6.07) is 0. The molecule has 1 aromatic rings. The minimum atomic E-state index is -0.445. The van der Waals surface area contributed by atoms with Gasteiger partial charge in [-0.05, 0) is 45.2 Å². The van der Waals surface area contributed by atoms with E-state index in [2.05, 4.69) is 9.97 Å². The van der Waals surface area contributed by atoms with E-state index in [1.807, 2.05) is 20.8 Å². The van der Waals surface area contributed by atoms with Gasteiger partial charge in [-0.3, -0.25) is 0 Å². The van der Waals surface area contributed by atoms with E-state index in [0.717, 1.165) is 25.9 Å². The van der Waals surface area contributed by atoms with Gasteiger partial charge >= 0.3 is 6.09 Å². The predicted octanol–water partition coefficient (Wildman–Crippen LogP) is 2.91. The third-order valence-electron chi connectivity index (χ3n) is 3.92. The maximum absolute atomic E-state index is 11.9. The molecule has 0 bridgehead atoms. The largest absolute Gasteiger partial charge is 0.487 e. The van der Waals surface area contributed by atoms with Gasteiger partial charge in [-0.25, -0.2) is 14.8 Å². The Morgan fingerprint density at radius 2 is 1.91 bits per heavy atom. The van der Waals surface area contributed by atoms with Gasteiger partial charge in [0, 0.05) is 18.5 Å². The molecule has 7 heteroatoms. The number of carbonyl (C=O) groups excluding carboxylic acids is 1. The molecule has 2 fully saturated rings. The maximum Gasteiger partial charge on any atom is 0.410 e. The van der Waals surface area contributed by atoms with Crippen LogP contribution in [0.25, 0.3) is 0 Å². The van der Waals surface area contributed by atoms with Crippen LogP contribution in [0.5, 0.6) is 5.75 Å². The molecule has 0 atom stereocenters. The first kappa shape index (κ1) is 15.3. The molecule has 1 spiro atoms. The quantitative estimate of drug-likeness (QED) is 0.782. The molecule has 1 aromatic heterocycles. The second-order valence-electron chi connectivity index (χ2n) is 7.17. The third kappa shape index (κ3) is 3.27. The zero-order chi connectivity index (χ0) is 16.0. The minimum absolute atomic E-state index is 0.158. The first-order valence-electron chi connectivity index (χ1n) is 7.37. The molecule has 1 aliphatic heterocycles. The van der Waals surface area contributed by atoms with Crippen LogP contribution >= 0.6 is 11.6 Å². The van der Waals surface area contributed by atoms with Crippen molar-refractivity contribution in [2.45, 2.75) is 45.3 Å². The lowest BCUT2D eigenvalue weighted by molar-refractivity contribution is -0.116. The third-order valence-corrected chi connectivity index (χ3v) is 4.12. The molecule has 0 radical (unpaired) electrons. The molecule has 1 saturated heterocycles. The number of amides is 1. The van der Waals surface area contributed by atoms with E-state index >= 15 is 0 Å². The fourth-order valence-electron chi connectivity index (χ4n) is 3.02. The number of rotatable bonds is 2. The van der Waals surface area contributed by atoms with E-state index in [9.17, 15) is 4.79 Å². The van der Waals surface area contributed by atoms with Crippen LogP contribution in [-0.2, 0) is 4.74 Å². The lowest BCUT2D eigenvalue weighted by Crippen LogP contribution is -2.66. The molecule has 1 saturated carbocycles. The number of halogens is 1. The van der Waals surface area contributed by atoms with Gasteiger partial charge in [0.25, 0.3) is 0 Å². The monoisotopic (exact) mass is 325 g/mol. The molecule has 120 valence electrons. The molecule has 2 heterocycles. The summed E-state index contributed by atoms with van der Waals surface area (Å²) in [5.74, 6) is 0.632. The molecule has 0 unspecified atom stereocenters. The summed E-state index contributed by atoms with van der Waals surface area (Å²) in [7, 11) is 0. The Labute approximate surface area is 134 Å². The fraction of sp³-hybridized carbons (Fsp3) is 0.667. The lowest BCUT2D eigenvalue weighted by atomic mass is 9.62. The molecular formula is C15H20ClN3O3. The SMILES string of the molecule is CC(C)(C)OC(=O)N1CC2(CC(Oc3cnc(Cl)nc3)C2)C1. The topological polar surface area (TPSA) is 64.5 Å². The van der Waals surface area contributed by atoms with Crippen molar-refractivity contribution in [3.05, 3.63) is 17.7 Å².